The van der Waals surface area contributed by atoms with Crippen molar-refractivity contribution < 1.29 is 4.79 Å². The van der Waals surface area contributed by atoms with Crippen LogP contribution in [0, 0.1) is 0 Å². The van der Waals surface area contributed by atoms with Gasteiger partial charge in [0, 0.05) is 41.8 Å². The third-order valence-electron chi connectivity index (χ3n) is 5.62. The van der Waals surface area contributed by atoms with Crippen molar-refractivity contribution in [1.29, 1.82) is 0 Å². The first-order valence-corrected chi connectivity index (χ1v) is 10.1. The molecule has 148 valence electrons. The van der Waals surface area contributed by atoms with Gasteiger partial charge in [0.15, 0.2) is 0 Å². The lowest BCUT2D eigenvalue weighted by molar-refractivity contribution is 0.0952. The topological polar surface area (TPSA) is 72.9 Å². The highest BCUT2D eigenvalue weighted by molar-refractivity contribution is 6.17. The molecular weight excluding hydrogens is 372 g/mol. The van der Waals surface area contributed by atoms with E-state index >= 15 is 0 Å². The van der Waals surface area contributed by atoms with Crippen molar-refractivity contribution in [3.05, 3.63) is 84.2 Å². The Balaban J connectivity index is 1.50. The van der Waals surface area contributed by atoms with E-state index in [1.807, 2.05) is 42.6 Å². The van der Waals surface area contributed by atoms with Crippen LogP contribution in [-0.4, -0.2) is 15.5 Å². The molecule has 2 heterocycles. The Hall–Kier alpha value is -3.86. The number of nitrogens with two attached hydrogens (primary N) is 1. The minimum Gasteiger partial charge on any atom is -0.384 e. The molecule has 0 atom stereocenters. The Morgan fingerprint density at radius 3 is 2.73 bits per heavy atom. The van der Waals surface area contributed by atoms with Crippen molar-refractivity contribution >= 4 is 44.2 Å². The fraction of sp³-hybridized carbons (Fsp3) is 0.120. The smallest absolute Gasteiger partial charge is 0.253 e. The highest BCUT2D eigenvalue weighted by atomic mass is 16.1. The number of carbonyl (C=O) groups is 1. The number of pyridine rings is 1. The summed E-state index contributed by atoms with van der Waals surface area (Å²) in [4.78, 5) is 17.3. The second kappa shape index (κ2) is 7.19. The van der Waals surface area contributed by atoms with Crippen molar-refractivity contribution in [1.82, 2.24) is 14.9 Å². The Morgan fingerprint density at radius 1 is 1.03 bits per heavy atom. The molecule has 0 spiro atoms. The van der Waals surface area contributed by atoms with Gasteiger partial charge in [0.25, 0.3) is 5.91 Å². The maximum Gasteiger partial charge on any atom is 0.253 e. The number of rotatable bonds is 4. The van der Waals surface area contributed by atoms with E-state index in [0.29, 0.717) is 17.9 Å². The lowest BCUT2D eigenvalue weighted by Gasteiger charge is -2.07. The van der Waals surface area contributed by atoms with Crippen LogP contribution in [0.1, 0.15) is 22.8 Å². The number of nitrogens with zero attached hydrogens (tertiary/aromatic N) is 2. The average molecular weight is 394 g/mol. The van der Waals surface area contributed by atoms with Gasteiger partial charge in [-0.15, -0.1) is 0 Å². The van der Waals surface area contributed by atoms with Crippen molar-refractivity contribution in [2.75, 3.05) is 5.73 Å². The van der Waals surface area contributed by atoms with Gasteiger partial charge in [-0.1, -0.05) is 42.5 Å². The highest BCUT2D eigenvalue weighted by Gasteiger charge is 2.17. The second-order valence-electron chi connectivity index (χ2n) is 7.48. The van der Waals surface area contributed by atoms with Gasteiger partial charge in [-0.3, -0.25) is 4.79 Å². The zero-order valence-corrected chi connectivity index (χ0v) is 16.7. The molecule has 5 rings (SSSR count). The summed E-state index contributed by atoms with van der Waals surface area (Å²) in [6.07, 6.45) is 3.72. The van der Waals surface area contributed by atoms with E-state index in [-0.39, 0.29) is 5.91 Å². The number of hydrogen-bond donors (Lipinski definition) is 2. The number of anilines is 1. The van der Waals surface area contributed by atoms with Crippen molar-refractivity contribution in [2.45, 2.75) is 20.0 Å². The minimum atomic E-state index is -0.0714. The summed E-state index contributed by atoms with van der Waals surface area (Å²) in [7, 11) is 0. The van der Waals surface area contributed by atoms with Gasteiger partial charge in [-0.05, 0) is 46.8 Å². The van der Waals surface area contributed by atoms with Crippen molar-refractivity contribution in [3.63, 3.8) is 0 Å². The first kappa shape index (κ1) is 18.2. The molecule has 0 saturated heterocycles. The maximum absolute atomic E-state index is 13.2. The van der Waals surface area contributed by atoms with Crippen LogP contribution in [0.25, 0.3) is 32.4 Å². The minimum absolute atomic E-state index is 0.0714. The van der Waals surface area contributed by atoms with Gasteiger partial charge in [-0.2, -0.15) is 0 Å². The predicted octanol–water partition coefficient (Wildman–Crippen LogP) is 4.87. The predicted molar refractivity (Wildman–Crippen MR) is 122 cm³/mol. The van der Waals surface area contributed by atoms with Crippen molar-refractivity contribution in [2.24, 2.45) is 0 Å². The largest absolute Gasteiger partial charge is 0.384 e. The number of benzene rings is 3. The molecule has 0 unspecified atom stereocenters. The van der Waals surface area contributed by atoms with Gasteiger partial charge < -0.3 is 15.6 Å². The van der Waals surface area contributed by atoms with E-state index in [9.17, 15) is 4.79 Å². The molecule has 0 fully saturated rings. The molecule has 5 heteroatoms. The number of aromatic nitrogens is 2. The lowest BCUT2D eigenvalue weighted by atomic mass is 10.0. The molecular formula is C25H22N4O. The van der Waals surface area contributed by atoms with Crippen LogP contribution in [0.15, 0.2) is 73.1 Å². The van der Waals surface area contributed by atoms with E-state index in [1.54, 1.807) is 6.20 Å². The molecule has 5 aromatic rings. The summed E-state index contributed by atoms with van der Waals surface area (Å²) in [6, 6.07) is 20.3. The van der Waals surface area contributed by atoms with Crippen LogP contribution in [-0.2, 0) is 13.1 Å². The Morgan fingerprint density at radius 2 is 1.87 bits per heavy atom. The summed E-state index contributed by atoms with van der Waals surface area (Å²) in [5.74, 6) is 0.417. The number of nitrogen functional groups attached to an aromatic ring is 1. The third kappa shape index (κ3) is 3.05. The van der Waals surface area contributed by atoms with Crippen molar-refractivity contribution in [3.8, 4) is 0 Å². The SMILES string of the molecule is CCn1cc(C(=O)NCc2ccc3cnc(N)cc3c2)c2c3ccccc3ccc21. The van der Waals surface area contributed by atoms with Gasteiger partial charge >= 0.3 is 0 Å². The van der Waals surface area contributed by atoms with Crippen LogP contribution >= 0.6 is 0 Å². The van der Waals surface area contributed by atoms with Gasteiger partial charge in [-0.25, -0.2) is 4.98 Å². The monoisotopic (exact) mass is 394 g/mol. The molecule has 0 aliphatic rings. The molecule has 3 N–H and O–H groups in total. The molecule has 0 aliphatic heterocycles. The van der Waals surface area contributed by atoms with Gasteiger partial charge in [0.2, 0.25) is 0 Å². The zero-order chi connectivity index (χ0) is 20.7. The van der Waals surface area contributed by atoms with E-state index in [0.717, 1.165) is 44.6 Å². The fourth-order valence-corrected chi connectivity index (χ4v) is 4.10. The molecule has 0 aliphatic carbocycles. The van der Waals surface area contributed by atoms with E-state index < -0.39 is 0 Å². The molecule has 2 aromatic heterocycles. The summed E-state index contributed by atoms with van der Waals surface area (Å²) in [5.41, 5.74) is 8.61. The summed E-state index contributed by atoms with van der Waals surface area (Å²) >= 11 is 0. The average Bonchev–Trinajstić information content (AvgIpc) is 3.16. The van der Waals surface area contributed by atoms with Crippen LogP contribution in [0.5, 0.6) is 0 Å². The van der Waals surface area contributed by atoms with E-state index in [1.165, 1.54) is 0 Å². The Labute approximate surface area is 174 Å². The van der Waals surface area contributed by atoms with E-state index in [2.05, 4.69) is 46.1 Å². The maximum atomic E-state index is 13.2. The molecule has 0 saturated carbocycles. The number of carbonyl (C=O) groups excluding carboxylic acids is 1. The highest BCUT2D eigenvalue weighted by Crippen LogP contribution is 2.30. The van der Waals surface area contributed by atoms with Crippen LogP contribution in [0.2, 0.25) is 0 Å². The van der Waals surface area contributed by atoms with Crippen LogP contribution in [0.3, 0.4) is 0 Å². The van der Waals surface area contributed by atoms with Crippen LogP contribution < -0.4 is 11.1 Å². The van der Waals surface area contributed by atoms with Gasteiger partial charge in [0.1, 0.15) is 5.82 Å². The first-order valence-electron chi connectivity index (χ1n) is 10.1. The quantitative estimate of drug-likeness (QED) is 0.456. The number of amides is 1. The van der Waals surface area contributed by atoms with Crippen LogP contribution in [0.4, 0.5) is 5.82 Å². The molecule has 0 radical (unpaired) electrons. The Kier molecular flexibility index (Phi) is 4.36. The molecule has 3 aromatic carbocycles. The summed E-state index contributed by atoms with van der Waals surface area (Å²) < 4.78 is 2.13. The van der Waals surface area contributed by atoms with Gasteiger partial charge in [0.05, 0.1) is 5.56 Å². The standard InChI is InChI=1S/C25H22N4O/c1-2-29-15-21(24-20-6-4-3-5-17(20)9-10-22(24)29)25(30)28-13-16-7-8-18-14-27-23(26)12-19(18)11-16/h3-12,14-15H,2,13H2,1H3,(H2,26,27)(H,28,30). The zero-order valence-electron chi connectivity index (χ0n) is 16.7. The summed E-state index contributed by atoms with van der Waals surface area (Å²) in [6.45, 7) is 3.34. The third-order valence-corrected chi connectivity index (χ3v) is 5.62. The lowest BCUT2D eigenvalue weighted by Crippen LogP contribution is -2.22. The summed E-state index contributed by atoms with van der Waals surface area (Å²) in [5, 5.41) is 8.37. The second-order valence-corrected chi connectivity index (χ2v) is 7.48. The van der Waals surface area contributed by atoms with E-state index in [4.69, 9.17) is 5.73 Å². The molecule has 30 heavy (non-hydrogen) atoms. The molecule has 1 amide bonds. The fourth-order valence-electron chi connectivity index (χ4n) is 4.10. The number of aryl methyl sites for hydroxylation is 1. The molecule has 5 nitrogen and oxygen atoms in total. The normalized spacial score (nSPS) is 11.4. The number of hydrogen-bond acceptors (Lipinski definition) is 3. The number of nitrogens with one attached hydrogen (secondary N) is 1. The Bertz CT molecular complexity index is 1420. The first-order chi connectivity index (χ1) is 14.6. The molecule has 0 bridgehead atoms. The number of fused-ring (bicyclic) bond motifs is 4.